The van der Waals surface area contributed by atoms with Crippen LogP contribution in [0.1, 0.15) is 22.8 Å². The Hall–Kier alpha value is -3.20. The predicted octanol–water partition coefficient (Wildman–Crippen LogP) is 4.95. The van der Waals surface area contributed by atoms with Crippen molar-refractivity contribution < 1.29 is 4.79 Å². The average Bonchev–Trinajstić information content (AvgIpc) is 3.01. The Kier molecular flexibility index (Phi) is 3.90. The first-order valence-electron chi connectivity index (χ1n) is 8.33. The normalized spacial score (nSPS) is 10.9. The lowest BCUT2D eigenvalue weighted by molar-refractivity contribution is 0.101. The molecule has 0 N–H and O–H groups in total. The fourth-order valence-electron chi connectivity index (χ4n) is 3.08. The molecular weight excluding hydrogens is 308 g/mol. The van der Waals surface area contributed by atoms with E-state index in [2.05, 4.69) is 28.8 Å². The van der Waals surface area contributed by atoms with Gasteiger partial charge in [0.25, 0.3) is 0 Å². The van der Waals surface area contributed by atoms with Gasteiger partial charge in [-0.25, -0.2) is 4.98 Å². The zero-order valence-corrected chi connectivity index (χ0v) is 14.0. The quantitative estimate of drug-likeness (QED) is 0.497. The Balaban J connectivity index is 1.92. The molecule has 0 aliphatic rings. The van der Waals surface area contributed by atoms with Crippen molar-refractivity contribution in [1.82, 2.24) is 9.55 Å². The second-order valence-corrected chi connectivity index (χ2v) is 6.13. The number of carbonyl (C=O) groups excluding carboxylic acids is 1. The van der Waals surface area contributed by atoms with Crippen molar-refractivity contribution in [3.05, 3.63) is 90.0 Å². The zero-order chi connectivity index (χ0) is 17.2. The second-order valence-electron chi connectivity index (χ2n) is 6.13. The van der Waals surface area contributed by atoms with Gasteiger partial charge in [0.1, 0.15) is 5.82 Å². The average molecular weight is 326 g/mol. The summed E-state index contributed by atoms with van der Waals surface area (Å²) in [4.78, 5) is 16.5. The molecule has 0 saturated carbocycles. The van der Waals surface area contributed by atoms with Crippen molar-refractivity contribution in [1.29, 1.82) is 0 Å². The highest BCUT2D eigenvalue weighted by Crippen LogP contribution is 2.26. The minimum absolute atomic E-state index is 0.0563. The van der Waals surface area contributed by atoms with E-state index >= 15 is 0 Å². The molecule has 0 aliphatic heterocycles. The van der Waals surface area contributed by atoms with E-state index in [0.717, 1.165) is 29.0 Å². The molecule has 0 amide bonds. The third kappa shape index (κ3) is 2.96. The van der Waals surface area contributed by atoms with Gasteiger partial charge in [0.05, 0.1) is 11.0 Å². The molecule has 25 heavy (non-hydrogen) atoms. The molecule has 0 spiro atoms. The molecule has 0 aliphatic carbocycles. The summed E-state index contributed by atoms with van der Waals surface area (Å²) < 4.78 is 2.21. The summed E-state index contributed by atoms with van der Waals surface area (Å²) in [5.41, 5.74) is 4.86. The second kappa shape index (κ2) is 6.36. The van der Waals surface area contributed by atoms with E-state index in [1.165, 1.54) is 5.56 Å². The van der Waals surface area contributed by atoms with Crippen LogP contribution in [0, 0.1) is 0 Å². The molecule has 0 saturated heterocycles. The highest BCUT2D eigenvalue weighted by molar-refractivity contribution is 5.97. The Morgan fingerprint density at radius 2 is 1.60 bits per heavy atom. The summed E-state index contributed by atoms with van der Waals surface area (Å²) >= 11 is 0. The number of carbonyl (C=O) groups is 1. The van der Waals surface area contributed by atoms with Gasteiger partial charge in [0.15, 0.2) is 5.78 Å². The van der Waals surface area contributed by atoms with Crippen LogP contribution in [0.25, 0.3) is 22.4 Å². The summed E-state index contributed by atoms with van der Waals surface area (Å²) in [7, 11) is 0. The van der Waals surface area contributed by atoms with E-state index in [9.17, 15) is 4.79 Å². The summed E-state index contributed by atoms with van der Waals surface area (Å²) in [5, 5.41) is 0. The van der Waals surface area contributed by atoms with Crippen LogP contribution in [0.4, 0.5) is 0 Å². The first-order valence-corrected chi connectivity index (χ1v) is 8.33. The summed E-state index contributed by atoms with van der Waals surface area (Å²) in [6, 6.07) is 26.3. The topological polar surface area (TPSA) is 34.9 Å². The molecule has 0 radical (unpaired) electrons. The number of hydrogen-bond acceptors (Lipinski definition) is 2. The van der Waals surface area contributed by atoms with Gasteiger partial charge in [-0.3, -0.25) is 4.79 Å². The fourth-order valence-corrected chi connectivity index (χ4v) is 3.08. The van der Waals surface area contributed by atoms with Gasteiger partial charge >= 0.3 is 0 Å². The number of aromatic nitrogens is 2. The first kappa shape index (κ1) is 15.3. The van der Waals surface area contributed by atoms with Crippen molar-refractivity contribution in [2.45, 2.75) is 13.5 Å². The zero-order valence-electron chi connectivity index (χ0n) is 14.0. The molecule has 3 heteroatoms. The van der Waals surface area contributed by atoms with Crippen molar-refractivity contribution in [3.8, 4) is 11.4 Å². The van der Waals surface area contributed by atoms with E-state index in [4.69, 9.17) is 4.98 Å². The minimum atomic E-state index is 0.0563. The third-order valence-corrected chi connectivity index (χ3v) is 4.37. The maximum Gasteiger partial charge on any atom is 0.159 e. The van der Waals surface area contributed by atoms with E-state index < -0.39 is 0 Å². The van der Waals surface area contributed by atoms with E-state index in [1.54, 1.807) is 6.92 Å². The predicted molar refractivity (Wildman–Crippen MR) is 101 cm³/mol. The minimum Gasteiger partial charge on any atom is -0.319 e. The Morgan fingerprint density at radius 1 is 0.920 bits per heavy atom. The van der Waals surface area contributed by atoms with Crippen molar-refractivity contribution in [3.63, 3.8) is 0 Å². The molecule has 0 atom stereocenters. The summed E-state index contributed by atoms with van der Waals surface area (Å²) in [6.07, 6.45) is 0. The fraction of sp³-hybridized carbons (Fsp3) is 0.0909. The number of benzene rings is 3. The monoisotopic (exact) mass is 326 g/mol. The molecular formula is C22H18N2O. The molecule has 1 heterocycles. The maximum absolute atomic E-state index is 11.7. The molecule has 0 fully saturated rings. The SMILES string of the molecule is CC(=O)c1ccc2c(c1)nc(-c1ccccc1)n2Cc1ccccc1. The molecule has 4 rings (SSSR count). The van der Waals surface area contributed by atoms with Gasteiger partial charge in [-0.1, -0.05) is 60.7 Å². The molecule has 0 unspecified atom stereocenters. The standard InChI is InChI=1S/C22H18N2O/c1-16(25)19-12-13-21-20(14-19)23-22(18-10-6-3-7-11-18)24(21)15-17-8-4-2-5-9-17/h2-14H,15H2,1H3. The van der Waals surface area contributed by atoms with Crippen molar-refractivity contribution in [2.24, 2.45) is 0 Å². The first-order chi connectivity index (χ1) is 12.2. The van der Waals surface area contributed by atoms with Crippen LogP contribution < -0.4 is 0 Å². The lowest BCUT2D eigenvalue weighted by atomic mass is 10.1. The Labute approximate surface area is 146 Å². The lowest BCUT2D eigenvalue weighted by Gasteiger charge is -2.10. The van der Waals surface area contributed by atoms with E-state index in [0.29, 0.717) is 5.56 Å². The largest absolute Gasteiger partial charge is 0.319 e. The number of fused-ring (bicyclic) bond motifs is 1. The van der Waals surface area contributed by atoms with Crippen LogP contribution in [0.15, 0.2) is 78.9 Å². The molecule has 122 valence electrons. The molecule has 0 bridgehead atoms. The van der Waals surface area contributed by atoms with E-state index in [-0.39, 0.29) is 5.78 Å². The van der Waals surface area contributed by atoms with E-state index in [1.807, 2.05) is 54.6 Å². The Bertz CT molecular complexity index is 1030. The van der Waals surface area contributed by atoms with Crippen molar-refractivity contribution in [2.75, 3.05) is 0 Å². The van der Waals surface area contributed by atoms with Gasteiger partial charge < -0.3 is 4.57 Å². The van der Waals surface area contributed by atoms with Crippen LogP contribution >= 0.6 is 0 Å². The van der Waals surface area contributed by atoms with Crippen molar-refractivity contribution >= 4 is 16.8 Å². The molecule has 4 aromatic rings. The number of rotatable bonds is 4. The van der Waals surface area contributed by atoms with Gasteiger partial charge in [-0.15, -0.1) is 0 Å². The smallest absolute Gasteiger partial charge is 0.159 e. The highest BCUT2D eigenvalue weighted by atomic mass is 16.1. The van der Waals surface area contributed by atoms with Gasteiger partial charge in [0, 0.05) is 17.7 Å². The van der Waals surface area contributed by atoms with Crippen LogP contribution in [0.2, 0.25) is 0 Å². The van der Waals surface area contributed by atoms with Crippen LogP contribution in [-0.4, -0.2) is 15.3 Å². The highest BCUT2D eigenvalue weighted by Gasteiger charge is 2.14. The summed E-state index contributed by atoms with van der Waals surface area (Å²) in [5.74, 6) is 0.973. The lowest BCUT2D eigenvalue weighted by Crippen LogP contribution is -2.02. The van der Waals surface area contributed by atoms with Crippen LogP contribution in [0.5, 0.6) is 0 Å². The number of ketones is 1. The maximum atomic E-state index is 11.7. The number of imidazole rings is 1. The van der Waals surface area contributed by atoms with Gasteiger partial charge in [0.2, 0.25) is 0 Å². The van der Waals surface area contributed by atoms with Gasteiger partial charge in [-0.2, -0.15) is 0 Å². The third-order valence-electron chi connectivity index (χ3n) is 4.37. The van der Waals surface area contributed by atoms with Crippen LogP contribution in [0.3, 0.4) is 0 Å². The van der Waals surface area contributed by atoms with Gasteiger partial charge in [-0.05, 0) is 30.7 Å². The number of hydrogen-bond donors (Lipinski definition) is 0. The van der Waals surface area contributed by atoms with Crippen LogP contribution in [-0.2, 0) is 6.54 Å². The number of nitrogens with zero attached hydrogens (tertiary/aromatic N) is 2. The molecule has 1 aromatic heterocycles. The molecule has 3 nitrogen and oxygen atoms in total. The number of Topliss-reactive ketones (excluding diaryl/α,β-unsaturated/α-hetero) is 1. The molecule has 3 aromatic carbocycles. The summed E-state index contributed by atoms with van der Waals surface area (Å²) in [6.45, 7) is 2.32. The Morgan fingerprint density at radius 3 is 2.28 bits per heavy atom.